The van der Waals surface area contributed by atoms with Crippen molar-refractivity contribution in [2.45, 2.75) is 6.42 Å². The second-order valence-corrected chi connectivity index (χ2v) is 5.48. The van der Waals surface area contributed by atoms with Crippen LogP contribution in [0.4, 0.5) is 0 Å². The van der Waals surface area contributed by atoms with Gasteiger partial charge < -0.3 is 19.5 Å². The highest BCUT2D eigenvalue weighted by molar-refractivity contribution is 6.30. The van der Waals surface area contributed by atoms with E-state index in [9.17, 15) is 4.79 Å². The van der Waals surface area contributed by atoms with Gasteiger partial charge in [0.15, 0.2) is 11.5 Å². The number of benzene rings is 2. The van der Waals surface area contributed by atoms with Crippen LogP contribution in [0.25, 0.3) is 0 Å². The van der Waals surface area contributed by atoms with E-state index >= 15 is 0 Å². The Bertz CT molecular complexity index is 676. The zero-order chi connectivity index (χ0) is 17.5. The Morgan fingerprint density at radius 3 is 2.08 bits per heavy atom. The second kappa shape index (κ2) is 8.45. The molecule has 0 fully saturated rings. The molecule has 5 nitrogen and oxygen atoms in total. The third-order valence-electron chi connectivity index (χ3n) is 3.53. The van der Waals surface area contributed by atoms with Gasteiger partial charge in [-0.1, -0.05) is 11.6 Å². The molecule has 2 aromatic rings. The van der Waals surface area contributed by atoms with Gasteiger partial charge in [0.1, 0.15) is 0 Å². The largest absolute Gasteiger partial charge is 0.493 e. The van der Waals surface area contributed by atoms with Crippen LogP contribution in [0.3, 0.4) is 0 Å². The summed E-state index contributed by atoms with van der Waals surface area (Å²) in [4.78, 5) is 12.1. The van der Waals surface area contributed by atoms with Crippen molar-refractivity contribution in [2.75, 3.05) is 27.9 Å². The highest BCUT2D eigenvalue weighted by Crippen LogP contribution is 2.38. The third-order valence-corrected chi connectivity index (χ3v) is 3.78. The number of methoxy groups -OCH3 is 3. The van der Waals surface area contributed by atoms with Crippen molar-refractivity contribution >= 4 is 17.5 Å². The molecular weight excluding hydrogens is 330 g/mol. The van der Waals surface area contributed by atoms with Gasteiger partial charge in [-0.2, -0.15) is 0 Å². The Labute approximate surface area is 146 Å². The molecule has 0 aromatic heterocycles. The lowest BCUT2D eigenvalue weighted by molar-refractivity contribution is 0.0954. The first-order valence-corrected chi connectivity index (χ1v) is 7.79. The van der Waals surface area contributed by atoms with Crippen LogP contribution in [0, 0.1) is 0 Å². The van der Waals surface area contributed by atoms with Crippen LogP contribution in [0.15, 0.2) is 36.4 Å². The molecule has 0 spiro atoms. The summed E-state index contributed by atoms with van der Waals surface area (Å²) in [5, 5.41) is 3.48. The standard InChI is InChI=1S/C18H20ClNO4/c1-22-15-10-12(11-16(23-2)17(15)24-3)8-9-20-18(21)13-4-6-14(19)7-5-13/h4-7,10-11H,8-9H2,1-3H3,(H,20,21). The van der Waals surface area contributed by atoms with Gasteiger partial charge in [-0.25, -0.2) is 0 Å². The van der Waals surface area contributed by atoms with Gasteiger partial charge in [-0.05, 0) is 48.4 Å². The first kappa shape index (κ1) is 17.9. The fraction of sp³-hybridized carbons (Fsp3) is 0.278. The van der Waals surface area contributed by atoms with E-state index in [1.54, 1.807) is 45.6 Å². The number of hydrogen-bond donors (Lipinski definition) is 1. The van der Waals surface area contributed by atoms with Gasteiger partial charge in [0.25, 0.3) is 5.91 Å². The normalized spacial score (nSPS) is 10.2. The van der Waals surface area contributed by atoms with Crippen LogP contribution >= 0.6 is 11.6 Å². The van der Waals surface area contributed by atoms with Gasteiger partial charge in [0.05, 0.1) is 21.3 Å². The average molecular weight is 350 g/mol. The van der Waals surface area contributed by atoms with Crippen LogP contribution in [0.2, 0.25) is 5.02 Å². The predicted octanol–water partition coefficient (Wildman–Crippen LogP) is 3.34. The van der Waals surface area contributed by atoms with Crippen molar-refractivity contribution < 1.29 is 19.0 Å². The summed E-state index contributed by atoms with van der Waals surface area (Å²) in [5.74, 6) is 1.60. The number of halogens is 1. The van der Waals surface area contributed by atoms with Crippen molar-refractivity contribution in [3.05, 3.63) is 52.5 Å². The molecule has 0 unspecified atom stereocenters. The molecule has 0 aliphatic carbocycles. The Morgan fingerprint density at radius 2 is 1.58 bits per heavy atom. The van der Waals surface area contributed by atoms with Crippen LogP contribution < -0.4 is 19.5 Å². The quantitative estimate of drug-likeness (QED) is 0.833. The monoisotopic (exact) mass is 349 g/mol. The molecule has 1 N–H and O–H groups in total. The summed E-state index contributed by atoms with van der Waals surface area (Å²) < 4.78 is 15.9. The van der Waals surface area contributed by atoms with Crippen LogP contribution in [-0.2, 0) is 6.42 Å². The zero-order valence-corrected chi connectivity index (χ0v) is 14.6. The Hall–Kier alpha value is -2.40. The number of carbonyl (C=O) groups is 1. The SMILES string of the molecule is COc1cc(CCNC(=O)c2ccc(Cl)cc2)cc(OC)c1OC. The minimum atomic E-state index is -0.140. The smallest absolute Gasteiger partial charge is 0.251 e. The molecule has 0 aliphatic heterocycles. The molecule has 24 heavy (non-hydrogen) atoms. The molecule has 0 bridgehead atoms. The minimum absolute atomic E-state index is 0.140. The first-order chi connectivity index (χ1) is 11.6. The highest BCUT2D eigenvalue weighted by atomic mass is 35.5. The number of amides is 1. The van der Waals surface area contributed by atoms with Gasteiger partial charge in [-0.3, -0.25) is 4.79 Å². The Morgan fingerprint density at radius 1 is 1.00 bits per heavy atom. The molecule has 0 saturated heterocycles. The van der Waals surface area contributed by atoms with E-state index in [0.717, 1.165) is 5.56 Å². The summed E-state index contributed by atoms with van der Waals surface area (Å²) in [6.07, 6.45) is 0.635. The number of hydrogen-bond acceptors (Lipinski definition) is 4. The number of rotatable bonds is 7. The lowest BCUT2D eigenvalue weighted by atomic mass is 10.1. The maximum atomic E-state index is 12.1. The van der Waals surface area contributed by atoms with Gasteiger partial charge >= 0.3 is 0 Å². The Balaban J connectivity index is 2.01. The van der Waals surface area contributed by atoms with E-state index in [4.69, 9.17) is 25.8 Å². The van der Waals surface area contributed by atoms with E-state index < -0.39 is 0 Å². The van der Waals surface area contributed by atoms with E-state index in [2.05, 4.69) is 5.32 Å². The lowest BCUT2D eigenvalue weighted by Crippen LogP contribution is -2.25. The second-order valence-electron chi connectivity index (χ2n) is 5.05. The molecule has 0 radical (unpaired) electrons. The molecule has 128 valence electrons. The van der Waals surface area contributed by atoms with Gasteiger partial charge in [0, 0.05) is 17.1 Å². The molecule has 0 saturated carbocycles. The van der Waals surface area contributed by atoms with E-state index in [1.807, 2.05) is 12.1 Å². The molecule has 2 aromatic carbocycles. The summed E-state index contributed by atoms with van der Waals surface area (Å²) >= 11 is 5.82. The van der Waals surface area contributed by atoms with E-state index in [-0.39, 0.29) is 5.91 Å². The third kappa shape index (κ3) is 4.32. The maximum Gasteiger partial charge on any atom is 0.251 e. The van der Waals surface area contributed by atoms with Crippen LogP contribution in [0.1, 0.15) is 15.9 Å². The summed E-state index contributed by atoms with van der Waals surface area (Å²) in [6.45, 7) is 0.486. The molecule has 0 atom stereocenters. The van der Waals surface area contributed by atoms with Crippen molar-refractivity contribution in [2.24, 2.45) is 0 Å². The fourth-order valence-electron chi connectivity index (χ4n) is 2.30. The zero-order valence-electron chi connectivity index (χ0n) is 13.9. The molecule has 0 heterocycles. The van der Waals surface area contributed by atoms with Crippen molar-refractivity contribution in [3.63, 3.8) is 0 Å². The summed E-state index contributed by atoms with van der Waals surface area (Å²) in [6, 6.07) is 10.5. The lowest BCUT2D eigenvalue weighted by Gasteiger charge is -2.14. The maximum absolute atomic E-state index is 12.1. The summed E-state index contributed by atoms with van der Waals surface area (Å²) in [7, 11) is 4.71. The average Bonchev–Trinajstić information content (AvgIpc) is 2.61. The molecule has 0 aliphatic rings. The highest BCUT2D eigenvalue weighted by Gasteiger charge is 2.13. The number of carbonyl (C=O) groups excluding carboxylic acids is 1. The summed E-state index contributed by atoms with van der Waals surface area (Å²) in [5.41, 5.74) is 1.55. The molecule has 6 heteroatoms. The predicted molar refractivity (Wildman–Crippen MR) is 93.6 cm³/mol. The Kier molecular flexibility index (Phi) is 6.32. The van der Waals surface area contributed by atoms with E-state index in [1.165, 1.54) is 0 Å². The van der Waals surface area contributed by atoms with Gasteiger partial charge in [-0.15, -0.1) is 0 Å². The topological polar surface area (TPSA) is 56.8 Å². The molecular formula is C18H20ClNO4. The number of nitrogens with one attached hydrogen (secondary N) is 1. The molecule has 2 rings (SSSR count). The fourth-order valence-corrected chi connectivity index (χ4v) is 2.43. The van der Waals surface area contributed by atoms with Gasteiger partial charge in [0.2, 0.25) is 5.75 Å². The van der Waals surface area contributed by atoms with Crippen molar-refractivity contribution in [1.29, 1.82) is 0 Å². The van der Waals surface area contributed by atoms with Crippen LogP contribution in [-0.4, -0.2) is 33.8 Å². The van der Waals surface area contributed by atoms with Crippen molar-refractivity contribution in [1.82, 2.24) is 5.32 Å². The minimum Gasteiger partial charge on any atom is -0.493 e. The van der Waals surface area contributed by atoms with Crippen LogP contribution in [0.5, 0.6) is 17.2 Å². The van der Waals surface area contributed by atoms with Crippen molar-refractivity contribution in [3.8, 4) is 17.2 Å². The first-order valence-electron chi connectivity index (χ1n) is 7.41. The number of ether oxygens (including phenoxy) is 3. The van der Waals surface area contributed by atoms with E-state index in [0.29, 0.717) is 40.8 Å². The molecule has 1 amide bonds.